The molecule has 1 aliphatic rings. The van der Waals surface area contributed by atoms with Gasteiger partial charge in [0.05, 0.1) is 12.0 Å². The van der Waals surface area contributed by atoms with Gasteiger partial charge in [-0.05, 0) is 30.9 Å². The molecule has 0 radical (unpaired) electrons. The Morgan fingerprint density at radius 2 is 1.97 bits per heavy atom. The normalized spacial score (nSPS) is 14.9. The lowest BCUT2D eigenvalue weighted by atomic mass is 9.97. The van der Waals surface area contributed by atoms with Crippen molar-refractivity contribution in [2.75, 3.05) is 18.0 Å². The Morgan fingerprint density at radius 3 is 2.69 bits per heavy atom. The van der Waals surface area contributed by atoms with Crippen molar-refractivity contribution in [1.82, 2.24) is 33.9 Å². The minimum absolute atomic E-state index is 0.0639. The van der Waals surface area contributed by atoms with Crippen molar-refractivity contribution in [2.24, 2.45) is 20.0 Å². The molecule has 32 heavy (non-hydrogen) atoms. The number of nitrogens with zero attached hydrogens (tertiary/aromatic N) is 8. The molecule has 10 heteroatoms. The smallest absolute Gasteiger partial charge is 0.265 e. The van der Waals surface area contributed by atoms with Crippen molar-refractivity contribution < 1.29 is 0 Å². The maximum Gasteiger partial charge on any atom is 0.265 e. The molecule has 10 nitrogen and oxygen atoms in total. The molecule has 5 heterocycles. The fraction of sp³-hybridized carbons (Fsp3) is 0.364. The summed E-state index contributed by atoms with van der Waals surface area (Å²) in [5.41, 5.74) is 1.77. The number of hydrogen-bond donors (Lipinski definition) is 0. The lowest BCUT2D eigenvalue weighted by molar-refractivity contribution is 0.348. The summed E-state index contributed by atoms with van der Waals surface area (Å²) in [5.74, 6) is 0.991. The van der Waals surface area contributed by atoms with Crippen LogP contribution in [-0.2, 0) is 20.6 Å². The Hall–Kier alpha value is -3.82. The number of pyridine rings is 1. The van der Waals surface area contributed by atoms with E-state index in [-0.39, 0.29) is 11.1 Å². The van der Waals surface area contributed by atoms with E-state index in [0.717, 1.165) is 31.5 Å². The van der Waals surface area contributed by atoms with Gasteiger partial charge in [0.2, 0.25) is 5.95 Å². The largest absolute Gasteiger partial charge is 0.342 e. The summed E-state index contributed by atoms with van der Waals surface area (Å²) in [7, 11) is 3.53. The quantitative estimate of drug-likeness (QED) is 0.477. The summed E-state index contributed by atoms with van der Waals surface area (Å²) < 4.78 is 4.88. The number of fused-ring (bicyclic) bond motifs is 1. The van der Waals surface area contributed by atoms with Crippen LogP contribution in [0.3, 0.4) is 0 Å². The summed E-state index contributed by atoms with van der Waals surface area (Å²) in [6, 6.07) is 5.28. The maximum atomic E-state index is 12.7. The van der Waals surface area contributed by atoms with Crippen molar-refractivity contribution in [3.05, 3.63) is 63.8 Å². The van der Waals surface area contributed by atoms with Gasteiger partial charge in [-0.15, -0.1) is 0 Å². The third-order valence-corrected chi connectivity index (χ3v) is 6.04. The van der Waals surface area contributed by atoms with Gasteiger partial charge in [-0.1, -0.05) is 0 Å². The van der Waals surface area contributed by atoms with E-state index in [2.05, 4.69) is 25.0 Å². The summed E-state index contributed by atoms with van der Waals surface area (Å²) in [6.45, 7) is 2.15. The summed E-state index contributed by atoms with van der Waals surface area (Å²) in [5, 5.41) is 4.82. The summed E-state index contributed by atoms with van der Waals surface area (Å²) >= 11 is 0. The Bertz CT molecular complexity index is 1380. The average molecular weight is 432 g/mol. The van der Waals surface area contributed by atoms with Gasteiger partial charge >= 0.3 is 0 Å². The predicted octanol–water partition coefficient (Wildman–Crippen LogP) is 1.20. The monoisotopic (exact) mass is 432 g/mol. The molecule has 1 fully saturated rings. The van der Waals surface area contributed by atoms with Gasteiger partial charge in [-0.2, -0.15) is 10.1 Å². The highest BCUT2D eigenvalue weighted by molar-refractivity contribution is 5.74. The molecule has 0 amide bonds. The molecule has 0 atom stereocenters. The van der Waals surface area contributed by atoms with Gasteiger partial charge in [-0.3, -0.25) is 28.4 Å². The third-order valence-electron chi connectivity index (χ3n) is 6.04. The van der Waals surface area contributed by atoms with Crippen LogP contribution in [0.2, 0.25) is 0 Å². The van der Waals surface area contributed by atoms with E-state index in [9.17, 15) is 9.59 Å². The lowest BCUT2D eigenvalue weighted by Crippen LogP contribution is -2.39. The molecular weight excluding hydrogens is 408 g/mol. The zero-order valence-corrected chi connectivity index (χ0v) is 18.0. The molecule has 4 aromatic heterocycles. The second-order valence-electron chi connectivity index (χ2n) is 8.25. The first-order chi connectivity index (χ1) is 15.5. The SMILES string of the molecule is Cn1cc2c(=O)n(C)c(N3CCC(Cn4cnc(-c5cccnc5)cc4=O)CC3)nc2n1. The van der Waals surface area contributed by atoms with Gasteiger partial charge in [-0.25, -0.2) is 4.98 Å². The standard InChI is InChI=1S/C22H24N8O2/c1-27-13-17-20(26-27)25-22(28(2)21(17)32)29-8-5-15(6-9-29)12-30-14-24-18(10-19(30)31)16-4-3-7-23-11-16/h3-4,7,10-11,13-15H,5-6,8-9,12H2,1-2H3. The Labute approximate surface area is 183 Å². The molecule has 0 unspecified atom stereocenters. The zero-order valence-electron chi connectivity index (χ0n) is 18.0. The van der Waals surface area contributed by atoms with Crippen LogP contribution in [0, 0.1) is 5.92 Å². The van der Waals surface area contributed by atoms with Crippen molar-refractivity contribution >= 4 is 17.0 Å². The number of aryl methyl sites for hydroxylation is 1. The first-order valence-corrected chi connectivity index (χ1v) is 10.6. The molecule has 0 bridgehead atoms. The minimum Gasteiger partial charge on any atom is -0.342 e. The Kier molecular flexibility index (Phi) is 5.04. The third kappa shape index (κ3) is 3.68. The van der Waals surface area contributed by atoms with Crippen LogP contribution in [0.5, 0.6) is 0 Å². The number of hydrogen-bond acceptors (Lipinski definition) is 7. The molecule has 164 valence electrons. The van der Waals surface area contributed by atoms with Crippen LogP contribution in [0.15, 0.2) is 52.7 Å². The summed E-state index contributed by atoms with van der Waals surface area (Å²) in [4.78, 5) is 40.6. The maximum absolute atomic E-state index is 12.7. The van der Waals surface area contributed by atoms with E-state index in [1.807, 2.05) is 12.1 Å². The molecule has 0 N–H and O–H groups in total. The van der Waals surface area contributed by atoms with Crippen molar-refractivity contribution in [3.63, 3.8) is 0 Å². The highest BCUT2D eigenvalue weighted by Crippen LogP contribution is 2.23. The summed E-state index contributed by atoms with van der Waals surface area (Å²) in [6.07, 6.45) is 8.51. The molecule has 4 aromatic rings. The van der Waals surface area contributed by atoms with Crippen molar-refractivity contribution in [1.29, 1.82) is 0 Å². The predicted molar refractivity (Wildman–Crippen MR) is 120 cm³/mol. The molecular formula is C22H24N8O2. The highest BCUT2D eigenvalue weighted by Gasteiger charge is 2.24. The number of rotatable bonds is 4. The van der Waals surface area contributed by atoms with Gasteiger partial charge in [0.1, 0.15) is 5.39 Å². The second-order valence-corrected chi connectivity index (χ2v) is 8.25. The molecule has 0 saturated carbocycles. The van der Waals surface area contributed by atoms with Crippen LogP contribution >= 0.6 is 0 Å². The van der Waals surface area contributed by atoms with Gasteiger partial charge in [0.15, 0.2) is 5.65 Å². The highest BCUT2D eigenvalue weighted by atomic mass is 16.1. The number of piperidine rings is 1. The van der Waals surface area contributed by atoms with Crippen molar-refractivity contribution in [2.45, 2.75) is 19.4 Å². The van der Waals surface area contributed by atoms with E-state index in [1.165, 1.54) is 0 Å². The van der Waals surface area contributed by atoms with Gasteiger partial charge in [0, 0.05) is 63.9 Å². The van der Waals surface area contributed by atoms with Crippen molar-refractivity contribution in [3.8, 4) is 11.3 Å². The van der Waals surface area contributed by atoms with E-state index in [4.69, 9.17) is 0 Å². The van der Waals surface area contributed by atoms with Crippen LogP contribution in [-0.4, -0.2) is 47.0 Å². The van der Waals surface area contributed by atoms with Crippen LogP contribution in [0.1, 0.15) is 12.8 Å². The molecule has 0 spiro atoms. The zero-order chi connectivity index (χ0) is 22.2. The molecule has 0 aliphatic carbocycles. The molecule has 1 saturated heterocycles. The second kappa shape index (κ2) is 8.03. The van der Waals surface area contributed by atoms with Crippen LogP contribution in [0.25, 0.3) is 22.3 Å². The Morgan fingerprint density at radius 1 is 1.16 bits per heavy atom. The topological polar surface area (TPSA) is 104 Å². The van der Waals surface area contributed by atoms with E-state index in [1.54, 1.807) is 58.9 Å². The van der Waals surface area contributed by atoms with Crippen LogP contribution < -0.4 is 16.0 Å². The van der Waals surface area contributed by atoms with Gasteiger partial charge in [0.25, 0.3) is 11.1 Å². The average Bonchev–Trinajstić information content (AvgIpc) is 3.19. The molecule has 0 aromatic carbocycles. The molecule has 1 aliphatic heterocycles. The van der Waals surface area contributed by atoms with E-state index >= 15 is 0 Å². The van der Waals surface area contributed by atoms with E-state index in [0.29, 0.717) is 35.1 Å². The Balaban J connectivity index is 1.29. The number of anilines is 1. The minimum atomic E-state index is -0.0912. The van der Waals surface area contributed by atoms with E-state index < -0.39 is 0 Å². The first kappa shape index (κ1) is 20.1. The fourth-order valence-corrected chi connectivity index (χ4v) is 4.26. The fourth-order valence-electron chi connectivity index (χ4n) is 4.26. The van der Waals surface area contributed by atoms with Gasteiger partial charge < -0.3 is 4.90 Å². The van der Waals surface area contributed by atoms with Crippen LogP contribution in [0.4, 0.5) is 5.95 Å². The number of aromatic nitrogens is 7. The lowest BCUT2D eigenvalue weighted by Gasteiger charge is -2.33. The molecule has 5 rings (SSSR count). The first-order valence-electron chi connectivity index (χ1n) is 10.6.